The summed E-state index contributed by atoms with van der Waals surface area (Å²) in [5.41, 5.74) is 1.10. The minimum Gasteiger partial charge on any atom is -0.481 e. The van der Waals surface area contributed by atoms with Gasteiger partial charge in [-0.05, 0) is 6.92 Å². The lowest BCUT2D eigenvalue weighted by Crippen LogP contribution is -2.44. The summed E-state index contributed by atoms with van der Waals surface area (Å²) >= 11 is 0. The van der Waals surface area contributed by atoms with Gasteiger partial charge in [0.1, 0.15) is 5.41 Å². The zero-order valence-electron chi connectivity index (χ0n) is 13.7. The number of aryl methyl sites for hydroxylation is 1. The predicted octanol–water partition coefficient (Wildman–Crippen LogP) is 0.218. The number of carbonyl (C=O) groups is 2. The molecule has 2 saturated heterocycles. The van der Waals surface area contributed by atoms with Crippen molar-refractivity contribution < 1.29 is 14.7 Å². The SMILES string of the molecule is Cc1[nH]cnc1CN1C[C@@H]2CN(C(=O)N(C)C)C[C@]2(C(=O)O)C1. The second-order valence-electron chi connectivity index (χ2n) is 6.86. The molecule has 1 aromatic heterocycles. The van der Waals surface area contributed by atoms with E-state index in [1.807, 2.05) is 6.92 Å². The summed E-state index contributed by atoms with van der Waals surface area (Å²) in [5.74, 6) is -0.846. The Labute approximate surface area is 135 Å². The molecular formula is C15H23N5O3. The Morgan fingerprint density at radius 1 is 1.43 bits per heavy atom. The molecule has 0 aromatic carbocycles. The Morgan fingerprint density at radius 3 is 2.70 bits per heavy atom. The van der Waals surface area contributed by atoms with Gasteiger partial charge < -0.3 is 19.9 Å². The molecule has 0 radical (unpaired) electrons. The van der Waals surface area contributed by atoms with Crippen molar-refractivity contribution in [3.63, 3.8) is 0 Å². The van der Waals surface area contributed by atoms with Crippen molar-refractivity contribution in [2.45, 2.75) is 13.5 Å². The average Bonchev–Trinajstić information content (AvgIpc) is 3.11. The van der Waals surface area contributed by atoms with Gasteiger partial charge >= 0.3 is 12.0 Å². The highest BCUT2D eigenvalue weighted by Gasteiger charge is 2.58. The fourth-order valence-electron chi connectivity index (χ4n) is 3.78. The molecule has 0 saturated carbocycles. The predicted molar refractivity (Wildman–Crippen MR) is 82.8 cm³/mol. The third kappa shape index (κ3) is 2.56. The Bertz CT molecular complexity index is 628. The van der Waals surface area contributed by atoms with Crippen LogP contribution in [0.5, 0.6) is 0 Å². The van der Waals surface area contributed by atoms with E-state index in [-0.39, 0.29) is 18.5 Å². The number of carboxylic acids is 1. The minimum absolute atomic E-state index is 0.0388. The molecule has 23 heavy (non-hydrogen) atoms. The third-order valence-corrected chi connectivity index (χ3v) is 5.07. The van der Waals surface area contributed by atoms with E-state index in [0.29, 0.717) is 26.2 Å². The molecule has 3 rings (SSSR count). The van der Waals surface area contributed by atoms with Crippen LogP contribution in [-0.4, -0.2) is 82.0 Å². The first kappa shape index (κ1) is 15.8. The molecule has 2 aliphatic heterocycles. The number of aliphatic carboxylic acids is 1. The lowest BCUT2D eigenvalue weighted by atomic mass is 9.81. The fraction of sp³-hybridized carbons (Fsp3) is 0.667. The Hall–Kier alpha value is -2.09. The standard InChI is InChI=1S/C15H23N5O3/c1-10-12(17-9-16-10)6-19-4-11-5-20(14(23)18(2)3)8-15(11,7-19)13(21)22/h9,11H,4-8H2,1-3H3,(H,16,17)(H,21,22)/t11-,15-/m1/s1. The summed E-state index contributed by atoms with van der Waals surface area (Å²) in [6.45, 7) is 4.51. The van der Waals surface area contributed by atoms with Crippen molar-refractivity contribution >= 4 is 12.0 Å². The number of aromatic amines is 1. The molecule has 2 fully saturated rings. The number of imidazole rings is 1. The molecule has 2 amide bonds. The monoisotopic (exact) mass is 321 g/mol. The molecule has 2 aliphatic rings. The number of amides is 2. The summed E-state index contributed by atoms with van der Waals surface area (Å²) in [5, 5.41) is 9.81. The van der Waals surface area contributed by atoms with Crippen LogP contribution in [0.2, 0.25) is 0 Å². The first-order valence-corrected chi connectivity index (χ1v) is 7.74. The number of carboxylic acid groups (broad SMARTS) is 1. The van der Waals surface area contributed by atoms with Crippen LogP contribution in [0.25, 0.3) is 0 Å². The van der Waals surface area contributed by atoms with E-state index in [9.17, 15) is 14.7 Å². The van der Waals surface area contributed by atoms with Crippen LogP contribution in [0.1, 0.15) is 11.4 Å². The largest absolute Gasteiger partial charge is 0.481 e. The van der Waals surface area contributed by atoms with Gasteiger partial charge in [0, 0.05) is 58.4 Å². The van der Waals surface area contributed by atoms with Crippen LogP contribution in [0.15, 0.2) is 6.33 Å². The molecule has 1 aromatic rings. The molecule has 8 nitrogen and oxygen atoms in total. The van der Waals surface area contributed by atoms with E-state index in [4.69, 9.17) is 0 Å². The molecular weight excluding hydrogens is 298 g/mol. The number of nitrogens with zero attached hydrogens (tertiary/aromatic N) is 4. The summed E-state index contributed by atoms with van der Waals surface area (Å²) in [4.78, 5) is 36.8. The van der Waals surface area contributed by atoms with Crippen molar-refractivity contribution in [3.05, 3.63) is 17.7 Å². The summed E-state index contributed by atoms with van der Waals surface area (Å²) in [6, 6.07) is -0.116. The summed E-state index contributed by atoms with van der Waals surface area (Å²) < 4.78 is 0. The first-order valence-electron chi connectivity index (χ1n) is 7.74. The van der Waals surface area contributed by atoms with E-state index < -0.39 is 11.4 Å². The smallest absolute Gasteiger partial charge is 0.319 e. The minimum atomic E-state index is -0.865. The number of hydrogen-bond donors (Lipinski definition) is 2. The lowest BCUT2D eigenvalue weighted by molar-refractivity contribution is -0.148. The zero-order chi connectivity index (χ0) is 16.8. The van der Waals surface area contributed by atoms with Crippen molar-refractivity contribution in [1.82, 2.24) is 24.7 Å². The Morgan fingerprint density at radius 2 is 2.17 bits per heavy atom. The van der Waals surface area contributed by atoms with Gasteiger partial charge in [0.15, 0.2) is 0 Å². The fourth-order valence-corrected chi connectivity index (χ4v) is 3.78. The van der Waals surface area contributed by atoms with Gasteiger partial charge in [-0.25, -0.2) is 9.78 Å². The van der Waals surface area contributed by atoms with Crippen molar-refractivity contribution in [2.75, 3.05) is 40.3 Å². The molecule has 3 heterocycles. The van der Waals surface area contributed by atoms with E-state index in [1.54, 1.807) is 25.3 Å². The van der Waals surface area contributed by atoms with Crippen LogP contribution in [0.3, 0.4) is 0 Å². The van der Waals surface area contributed by atoms with Crippen LogP contribution in [0, 0.1) is 18.3 Å². The molecule has 0 aliphatic carbocycles. The number of carbonyl (C=O) groups excluding carboxylic acids is 1. The highest BCUT2D eigenvalue weighted by Crippen LogP contribution is 2.43. The normalized spacial score (nSPS) is 27.3. The molecule has 2 atom stereocenters. The van der Waals surface area contributed by atoms with Gasteiger partial charge in [0.25, 0.3) is 0 Å². The highest BCUT2D eigenvalue weighted by molar-refractivity contribution is 5.80. The summed E-state index contributed by atoms with van der Waals surface area (Å²) in [7, 11) is 3.38. The van der Waals surface area contributed by atoms with Crippen LogP contribution >= 0.6 is 0 Å². The van der Waals surface area contributed by atoms with Crippen LogP contribution < -0.4 is 0 Å². The lowest BCUT2D eigenvalue weighted by Gasteiger charge is -2.26. The number of urea groups is 1. The first-order chi connectivity index (χ1) is 10.8. The highest BCUT2D eigenvalue weighted by atomic mass is 16.4. The molecule has 8 heteroatoms. The molecule has 2 N–H and O–H groups in total. The Balaban J connectivity index is 1.75. The zero-order valence-corrected chi connectivity index (χ0v) is 13.7. The van der Waals surface area contributed by atoms with Gasteiger partial charge in [-0.2, -0.15) is 0 Å². The topological polar surface area (TPSA) is 92.8 Å². The van der Waals surface area contributed by atoms with E-state index in [1.165, 1.54) is 4.90 Å². The molecule has 0 spiro atoms. The summed E-state index contributed by atoms with van der Waals surface area (Å²) in [6.07, 6.45) is 1.66. The quantitative estimate of drug-likeness (QED) is 0.831. The van der Waals surface area contributed by atoms with Crippen LogP contribution in [0.4, 0.5) is 4.79 Å². The molecule has 0 bridgehead atoms. The second kappa shape index (κ2) is 5.52. The number of H-pyrrole nitrogens is 1. The van der Waals surface area contributed by atoms with Gasteiger partial charge in [-0.1, -0.05) is 0 Å². The van der Waals surface area contributed by atoms with Crippen molar-refractivity contribution in [3.8, 4) is 0 Å². The number of aromatic nitrogens is 2. The number of likely N-dealkylation sites (tertiary alicyclic amines) is 2. The third-order valence-electron chi connectivity index (χ3n) is 5.07. The maximum atomic E-state index is 12.2. The van der Waals surface area contributed by atoms with E-state index >= 15 is 0 Å². The second-order valence-corrected chi connectivity index (χ2v) is 6.86. The van der Waals surface area contributed by atoms with Crippen molar-refractivity contribution in [1.29, 1.82) is 0 Å². The number of hydrogen-bond acceptors (Lipinski definition) is 4. The average molecular weight is 321 g/mol. The van der Waals surface area contributed by atoms with E-state index in [2.05, 4.69) is 14.9 Å². The van der Waals surface area contributed by atoms with Gasteiger partial charge in [0.2, 0.25) is 0 Å². The van der Waals surface area contributed by atoms with Crippen molar-refractivity contribution in [2.24, 2.45) is 11.3 Å². The maximum Gasteiger partial charge on any atom is 0.319 e. The maximum absolute atomic E-state index is 12.2. The van der Waals surface area contributed by atoms with Crippen LogP contribution in [-0.2, 0) is 11.3 Å². The molecule has 0 unspecified atom stereocenters. The number of fused-ring (bicyclic) bond motifs is 1. The molecule has 126 valence electrons. The van der Waals surface area contributed by atoms with E-state index in [0.717, 1.165) is 11.4 Å². The Kier molecular flexibility index (Phi) is 3.79. The van der Waals surface area contributed by atoms with Gasteiger partial charge in [-0.15, -0.1) is 0 Å². The number of nitrogens with one attached hydrogen (secondary N) is 1. The van der Waals surface area contributed by atoms with Gasteiger partial charge in [0.05, 0.1) is 12.0 Å². The van der Waals surface area contributed by atoms with Gasteiger partial charge in [-0.3, -0.25) is 9.69 Å². The number of rotatable bonds is 3.